The molecule has 0 bridgehead atoms. The fraction of sp³-hybridized carbons (Fsp3) is 0.105. The Balaban J connectivity index is 1.82. The van der Waals surface area contributed by atoms with Crippen LogP contribution >= 0.6 is 0 Å². The average Bonchev–Trinajstić information content (AvgIpc) is 2.63. The first-order chi connectivity index (χ1) is 11.3. The van der Waals surface area contributed by atoms with Crippen molar-refractivity contribution in [1.29, 1.82) is 0 Å². The highest BCUT2D eigenvalue weighted by Gasteiger charge is 2.23. The van der Waals surface area contributed by atoms with Crippen molar-refractivity contribution in [1.82, 2.24) is 15.3 Å². The number of hydrogen-bond acceptors (Lipinski definition) is 3. The summed E-state index contributed by atoms with van der Waals surface area (Å²) in [5, 5.41) is 2.99. The van der Waals surface area contributed by atoms with Gasteiger partial charge in [0.15, 0.2) is 0 Å². The Morgan fingerprint density at radius 3 is 2.35 bits per heavy atom. The molecule has 4 heteroatoms. The zero-order valence-corrected chi connectivity index (χ0v) is 12.6. The van der Waals surface area contributed by atoms with Gasteiger partial charge in [0.05, 0.1) is 5.69 Å². The first-order valence-electron chi connectivity index (χ1n) is 7.47. The Hall–Kier alpha value is -3.01. The lowest BCUT2D eigenvalue weighted by Gasteiger charge is -2.17. The number of hydrogen-bond donors (Lipinski definition) is 1. The van der Waals surface area contributed by atoms with Gasteiger partial charge >= 0.3 is 0 Å². The second-order valence-corrected chi connectivity index (χ2v) is 5.17. The fourth-order valence-corrected chi connectivity index (χ4v) is 2.44. The summed E-state index contributed by atoms with van der Waals surface area (Å²) < 4.78 is 0. The molecule has 1 unspecified atom stereocenters. The molecule has 0 saturated carbocycles. The van der Waals surface area contributed by atoms with Gasteiger partial charge in [-0.25, -0.2) is 0 Å². The summed E-state index contributed by atoms with van der Waals surface area (Å²) in [6.07, 6.45) is 5.14. The molecule has 23 heavy (non-hydrogen) atoms. The largest absolute Gasteiger partial charge is 0.351 e. The third kappa shape index (κ3) is 3.80. The molecule has 3 rings (SSSR count). The van der Waals surface area contributed by atoms with E-state index in [9.17, 15) is 4.79 Å². The van der Waals surface area contributed by atoms with E-state index >= 15 is 0 Å². The van der Waals surface area contributed by atoms with Gasteiger partial charge in [0, 0.05) is 25.1 Å². The number of amides is 1. The van der Waals surface area contributed by atoms with Gasteiger partial charge in [-0.15, -0.1) is 0 Å². The number of benzene rings is 1. The maximum Gasteiger partial charge on any atom is 0.233 e. The smallest absolute Gasteiger partial charge is 0.233 e. The third-order valence-electron chi connectivity index (χ3n) is 3.59. The van der Waals surface area contributed by atoms with Crippen LogP contribution in [-0.2, 0) is 11.3 Å². The van der Waals surface area contributed by atoms with Gasteiger partial charge in [-0.2, -0.15) is 0 Å². The lowest BCUT2D eigenvalue weighted by Crippen LogP contribution is -2.30. The quantitative estimate of drug-likeness (QED) is 0.788. The van der Waals surface area contributed by atoms with E-state index in [0.717, 1.165) is 16.8 Å². The van der Waals surface area contributed by atoms with Crippen molar-refractivity contribution in [2.75, 3.05) is 0 Å². The Kier molecular flexibility index (Phi) is 4.74. The Morgan fingerprint density at radius 1 is 0.913 bits per heavy atom. The molecule has 2 heterocycles. The van der Waals surface area contributed by atoms with Gasteiger partial charge < -0.3 is 5.32 Å². The van der Waals surface area contributed by atoms with Crippen LogP contribution in [-0.4, -0.2) is 15.9 Å². The number of nitrogens with one attached hydrogen (secondary N) is 1. The molecule has 0 aliphatic heterocycles. The molecular weight excluding hydrogens is 286 g/mol. The van der Waals surface area contributed by atoms with E-state index in [2.05, 4.69) is 15.3 Å². The van der Waals surface area contributed by atoms with Crippen molar-refractivity contribution in [3.8, 4) is 0 Å². The molecule has 1 atom stereocenters. The number of nitrogens with zero attached hydrogens (tertiary/aromatic N) is 2. The summed E-state index contributed by atoms with van der Waals surface area (Å²) in [7, 11) is 0. The van der Waals surface area contributed by atoms with Crippen LogP contribution in [0.1, 0.15) is 22.7 Å². The van der Waals surface area contributed by atoms with Gasteiger partial charge in [-0.1, -0.05) is 36.4 Å². The molecule has 0 aliphatic carbocycles. The van der Waals surface area contributed by atoms with Crippen LogP contribution in [0.4, 0.5) is 0 Å². The molecule has 0 spiro atoms. The number of rotatable bonds is 5. The van der Waals surface area contributed by atoms with Gasteiger partial charge in [0.1, 0.15) is 5.92 Å². The van der Waals surface area contributed by atoms with Crippen molar-refractivity contribution in [2.45, 2.75) is 12.5 Å². The normalized spacial score (nSPS) is 11.7. The van der Waals surface area contributed by atoms with Crippen LogP contribution in [0, 0.1) is 0 Å². The fourth-order valence-electron chi connectivity index (χ4n) is 2.44. The molecule has 0 fully saturated rings. The summed E-state index contributed by atoms with van der Waals surface area (Å²) in [5.41, 5.74) is 2.69. The summed E-state index contributed by atoms with van der Waals surface area (Å²) in [6, 6.07) is 19.1. The number of carbonyl (C=O) groups is 1. The summed E-state index contributed by atoms with van der Waals surface area (Å²) in [6.45, 7) is 0.470. The standard InChI is InChI=1S/C19H17N3O/c23-19(22-14-15-9-12-20-13-10-15)18(16-6-2-1-3-7-16)17-8-4-5-11-21-17/h1-13,18H,14H2,(H,22,23). The molecule has 0 radical (unpaired) electrons. The van der Waals surface area contributed by atoms with Crippen LogP contribution in [0.25, 0.3) is 0 Å². The highest BCUT2D eigenvalue weighted by Crippen LogP contribution is 2.23. The summed E-state index contributed by atoms with van der Waals surface area (Å²) in [5.74, 6) is -0.481. The van der Waals surface area contributed by atoms with Crippen molar-refractivity contribution in [2.24, 2.45) is 0 Å². The van der Waals surface area contributed by atoms with Gasteiger partial charge in [0.25, 0.3) is 0 Å². The second kappa shape index (κ2) is 7.31. The predicted molar refractivity (Wildman–Crippen MR) is 88.6 cm³/mol. The van der Waals surface area contributed by atoms with E-state index in [4.69, 9.17) is 0 Å². The maximum absolute atomic E-state index is 12.8. The minimum Gasteiger partial charge on any atom is -0.351 e. The van der Waals surface area contributed by atoms with Crippen molar-refractivity contribution >= 4 is 5.91 Å². The molecule has 0 aliphatic rings. The Labute approximate surface area is 135 Å². The first kappa shape index (κ1) is 14.9. The third-order valence-corrected chi connectivity index (χ3v) is 3.59. The van der Waals surface area contributed by atoms with Crippen LogP contribution in [0.2, 0.25) is 0 Å². The van der Waals surface area contributed by atoms with Crippen LogP contribution in [0.15, 0.2) is 79.3 Å². The lowest BCUT2D eigenvalue weighted by molar-refractivity contribution is -0.121. The number of pyridine rings is 2. The molecule has 1 aromatic carbocycles. The average molecular weight is 303 g/mol. The Bertz CT molecular complexity index is 706. The van der Waals surface area contributed by atoms with E-state index in [-0.39, 0.29) is 5.91 Å². The van der Waals surface area contributed by atoms with Crippen LogP contribution in [0.3, 0.4) is 0 Å². The molecule has 3 aromatic rings. The second-order valence-electron chi connectivity index (χ2n) is 5.17. The van der Waals surface area contributed by atoms with Crippen LogP contribution < -0.4 is 5.32 Å². The Morgan fingerprint density at radius 2 is 1.65 bits per heavy atom. The van der Waals surface area contributed by atoms with Gasteiger partial charge in [0.2, 0.25) is 5.91 Å². The molecule has 1 N–H and O–H groups in total. The maximum atomic E-state index is 12.8. The summed E-state index contributed by atoms with van der Waals surface area (Å²) >= 11 is 0. The van der Waals surface area contributed by atoms with E-state index in [0.29, 0.717) is 6.54 Å². The number of aromatic nitrogens is 2. The van der Waals surface area contributed by atoms with Gasteiger partial charge in [-0.05, 0) is 35.4 Å². The molecule has 4 nitrogen and oxygen atoms in total. The van der Waals surface area contributed by atoms with Crippen molar-refractivity contribution < 1.29 is 4.79 Å². The minimum absolute atomic E-state index is 0.0632. The molecular formula is C19H17N3O. The molecule has 0 saturated heterocycles. The molecule has 114 valence electrons. The summed E-state index contributed by atoms with van der Waals surface area (Å²) in [4.78, 5) is 21.1. The highest BCUT2D eigenvalue weighted by molar-refractivity contribution is 5.86. The first-order valence-corrected chi connectivity index (χ1v) is 7.47. The zero-order valence-electron chi connectivity index (χ0n) is 12.6. The topological polar surface area (TPSA) is 54.9 Å². The van der Waals surface area contributed by atoms with E-state index in [1.165, 1.54) is 0 Å². The SMILES string of the molecule is O=C(NCc1ccncc1)C(c1ccccc1)c1ccccn1. The van der Waals surface area contributed by atoms with E-state index in [1.807, 2.05) is 60.7 Å². The van der Waals surface area contributed by atoms with Gasteiger partial charge in [-0.3, -0.25) is 14.8 Å². The lowest BCUT2D eigenvalue weighted by atomic mass is 9.94. The molecule has 1 amide bonds. The van der Waals surface area contributed by atoms with Crippen LogP contribution in [0.5, 0.6) is 0 Å². The monoisotopic (exact) mass is 303 g/mol. The highest BCUT2D eigenvalue weighted by atomic mass is 16.1. The minimum atomic E-state index is -0.417. The van der Waals surface area contributed by atoms with E-state index < -0.39 is 5.92 Å². The van der Waals surface area contributed by atoms with Crippen molar-refractivity contribution in [3.05, 3.63) is 96.1 Å². The molecule has 2 aromatic heterocycles. The van der Waals surface area contributed by atoms with Crippen molar-refractivity contribution in [3.63, 3.8) is 0 Å². The van der Waals surface area contributed by atoms with E-state index in [1.54, 1.807) is 18.6 Å². The number of carbonyl (C=O) groups excluding carboxylic acids is 1. The zero-order chi connectivity index (χ0) is 15.9. The predicted octanol–water partition coefficient (Wildman–Crippen LogP) is 2.92.